The average Bonchev–Trinajstić information content (AvgIpc) is 3.26. The molecule has 114 valence electrons. The van der Waals surface area contributed by atoms with Crippen molar-refractivity contribution in [3.05, 3.63) is 93.9 Å². The molecule has 0 amide bonds. The summed E-state index contributed by atoms with van der Waals surface area (Å²) in [5, 5.41) is 11.2. The quantitative estimate of drug-likeness (QED) is 0.618. The van der Waals surface area contributed by atoms with Crippen molar-refractivity contribution in [3.8, 4) is 0 Å². The summed E-state index contributed by atoms with van der Waals surface area (Å²) in [6.45, 7) is 0.610. The molecule has 2 atom stereocenters. The first-order valence-electron chi connectivity index (χ1n) is 7.54. The maximum absolute atomic E-state index is 13.3. The number of benzene rings is 2. The van der Waals surface area contributed by atoms with E-state index < -0.39 is 5.54 Å². The first-order valence-corrected chi connectivity index (χ1v) is 8.42. The first-order chi connectivity index (χ1) is 11.3. The molecule has 0 aliphatic carbocycles. The van der Waals surface area contributed by atoms with Crippen LogP contribution in [0.4, 0.5) is 4.39 Å². The average molecular weight is 322 g/mol. The number of hydrogen-bond donors (Lipinski definition) is 0. The lowest BCUT2D eigenvalue weighted by Gasteiger charge is -2.31. The van der Waals surface area contributed by atoms with Crippen molar-refractivity contribution in [2.45, 2.75) is 11.5 Å². The SMILES string of the molecule is Fc1ccc(C2CN=NC2(c2ccccc2)c2cccs2)cc1. The normalized spacial score (nSPS) is 23.3. The van der Waals surface area contributed by atoms with E-state index in [9.17, 15) is 4.39 Å². The maximum atomic E-state index is 13.3. The van der Waals surface area contributed by atoms with Gasteiger partial charge in [0, 0.05) is 10.8 Å². The van der Waals surface area contributed by atoms with Gasteiger partial charge in [-0.1, -0.05) is 48.5 Å². The minimum atomic E-state index is -0.521. The number of rotatable bonds is 3. The minimum absolute atomic E-state index is 0.0733. The molecule has 1 aliphatic heterocycles. The standard InChI is InChI=1S/C19H15FN2S/c20-16-10-8-14(9-11-16)17-13-21-22-19(17,18-7-4-12-23-18)15-5-2-1-3-6-15/h1-12,17H,13H2. The third-order valence-electron chi connectivity index (χ3n) is 4.38. The van der Waals surface area contributed by atoms with Crippen LogP contribution in [0.1, 0.15) is 21.9 Å². The maximum Gasteiger partial charge on any atom is 0.149 e. The molecule has 0 fully saturated rings. The monoisotopic (exact) mass is 322 g/mol. The highest BCUT2D eigenvalue weighted by Crippen LogP contribution is 2.50. The van der Waals surface area contributed by atoms with E-state index in [0.717, 1.165) is 11.1 Å². The highest BCUT2D eigenvalue weighted by Gasteiger charge is 2.47. The molecule has 0 radical (unpaired) electrons. The van der Waals surface area contributed by atoms with E-state index in [1.54, 1.807) is 11.3 Å². The Kier molecular flexibility index (Phi) is 3.54. The van der Waals surface area contributed by atoms with Gasteiger partial charge in [-0.15, -0.1) is 11.3 Å². The molecule has 2 nitrogen and oxygen atoms in total. The fraction of sp³-hybridized carbons (Fsp3) is 0.158. The third-order valence-corrected chi connectivity index (χ3v) is 5.37. The van der Waals surface area contributed by atoms with Gasteiger partial charge < -0.3 is 0 Å². The highest BCUT2D eigenvalue weighted by molar-refractivity contribution is 7.10. The van der Waals surface area contributed by atoms with Crippen LogP contribution in [0.2, 0.25) is 0 Å². The van der Waals surface area contributed by atoms with Crippen molar-refractivity contribution >= 4 is 11.3 Å². The van der Waals surface area contributed by atoms with Crippen LogP contribution in [-0.2, 0) is 5.54 Å². The van der Waals surface area contributed by atoms with Crippen LogP contribution < -0.4 is 0 Å². The van der Waals surface area contributed by atoms with Crippen LogP contribution in [0.25, 0.3) is 0 Å². The van der Waals surface area contributed by atoms with Crippen molar-refractivity contribution in [2.75, 3.05) is 6.54 Å². The van der Waals surface area contributed by atoms with Crippen molar-refractivity contribution in [3.63, 3.8) is 0 Å². The second-order valence-corrected chi connectivity index (χ2v) is 6.59. The van der Waals surface area contributed by atoms with E-state index in [1.165, 1.54) is 17.0 Å². The van der Waals surface area contributed by atoms with Crippen LogP contribution in [0.3, 0.4) is 0 Å². The Bertz CT molecular complexity index is 812. The molecule has 0 N–H and O–H groups in total. The second-order valence-electron chi connectivity index (χ2n) is 5.64. The Balaban J connectivity index is 1.91. The minimum Gasteiger partial charge on any atom is -0.207 e. The van der Waals surface area contributed by atoms with Crippen molar-refractivity contribution in [1.29, 1.82) is 0 Å². The van der Waals surface area contributed by atoms with Gasteiger partial charge in [-0.2, -0.15) is 10.2 Å². The molecule has 2 unspecified atom stereocenters. The molecule has 2 heterocycles. The molecule has 0 bridgehead atoms. The molecule has 23 heavy (non-hydrogen) atoms. The summed E-state index contributed by atoms with van der Waals surface area (Å²) in [6, 6.07) is 21.1. The zero-order chi connectivity index (χ0) is 15.7. The molecule has 0 saturated carbocycles. The van der Waals surface area contributed by atoms with Gasteiger partial charge in [0.25, 0.3) is 0 Å². The van der Waals surface area contributed by atoms with E-state index >= 15 is 0 Å². The molecular formula is C19H15FN2S. The summed E-state index contributed by atoms with van der Waals surface area (Å²) >= 11 is 1.69. The van der Waals surface area contributed by atoms with Gasteiger partial charge in [-0.3, -0.25) is 0 Å². The van der Waals surface area contributed by atoms with Gasteiger partial charge in [-0.25, -0.2) is 4.39 Å². The summed E-state index contributed by atoms with van der Waals surface area (Å²) in [5.74, 6) is -0.147. The Morgan fingerprint density at radius 3 is 2.43 bits per heavy atom. The van der Waals surface area contributed by atoms with Crippen molar-refractivity contribution in [2.24, 2.45) is 10.2 Å². The number of thiophene rings is 1. The van der Waals surface area contributed by atoms with Gasteiger partial charge in [0.15, 0.2) is 0 Å². The molecule has 0 saturated heterocycles. The molecule has 4 rings (SSSR count). The van der Waals surface area contributed by atoms with Crippen LogP contribution >= 0.6 is 11.3 Å². The van der Waals surface area contributed by atoms with E-state index in [4.69, 9.17) is 5.11 Å². The number of hydrogen-bond acceptors (Lipinski definition) is 3. The molecule has 3 aromatic rings. The zero-order valence-corrected chi connectivity index (χ0v) is 13.2. The molecule has 2 aromatic carbocycles. The highest BCUT2D eigenvalue weighted by atomic mass is 32.1. The largest absolute Gasteiger partial charge is 0.207 e. The van der Waals surface area contributed by atoms with Crippen LogP contribution in [0, 0.1) is 5.82 Å². The Hall–Kier alpha value is -2.33. The molecule has 1 aliphatic rings. The predicted molar refractivity (Wildman–Crippen MR) is 90.4 cm³/mol. The zero-order valence-electron chi connectivity index (χ0n) is 12.4. The smallest absolute Gasteiger partial charge is 0.149 e. The van der Waals surface area contributed by atoms with Gasteiger partial charge in [-0.05, 0) is 34.7 Å². The lowest BCUT2D eigenvalue weighted by molar-refractivity contribution is 0.488. The molecule has 4 heteroatoms. The second kappa shape index (κ2) is 5.70. The summed E-state index contributed by atoms with van der Waals surface area (Å²) in [4.78, 5) is 1.17. The molecule has 0 spiro atoms. The molecular weight excluding hydrogens is 307 g/mol. The van der Waals surface area contributed by atoms with Gasteiger partial charge >= 0.3 is 0 Å². The Labute approximate surface area is 138 Å². The summed E-state index contributed by atoms with van der Waals surface area (Å²) in [5.41, 5.74) is 1.67. The van der Waals surface area contributed by atoms with Crippen LogP contribution in [0.15, 0.2) is 82.3 Å². The van der Waals surface area contributed by atoms with Crippen molar-refractivity contribution < 1.29 is 4.39 Å². The number of nitrogens with zero attached hydrogens (tertiary/aromatic N) is 2. The summed E-state index contributed by atoms with van der Waals surface area (Å²) in [7, 11) is 0. The number of halogens is 1. The first kappa shape index (κ1) is 14.3. The fourth-order valence-corrected chi connectivity index (χ4v) is 4.23. The number of azo groups is 1. The van der Waals surface area contributed by atoms with Gasteiger partial charge in [0.1, 0.15) is 11.4 Å². The topological polar surface area (TPSA) is 24.7 Å². The lowest BCUT2D eigenvalue weighted by Crippen LogP contribution is -2.30. The predicted octanol–water partition coefficient (Wildman–Crippen LogP) is 5.38. The molecule has 1 aromatic heterocycles. The summed E-state index contributed by atoms with van der Waals surface area (Å²) < 4.78 is 13.3. The lowest BCUT2D eigenvalue weighted by atomic mass is 9.75. The van der Waals surface area contributed by atoms with E-state index in [1.807, 2.05) is 36.4 Å². The Morgan fingerprint density at radius 2 is 1.74 bits per heavy atom. The van der Waals surface area contributed by atoms with Gasteiger partial charge in [0.05, 0.1) is 6.54 Å². The third kappa shape index (κ3) is 2.30. The van der Waals surface area contributed by atoms with E-state index in [-0.39, 0.29) is 11.7 Å². The van der Waals surface area contributed by atoms with Crippen LogP contribution in [-0.4, -0.2) is 6.54 Å². The van der Waals surface area contributed by atoms with Crippen molar-refractivity contribution in [1.82, 2.24) is 0 Å². The van der Waals surface area contributed by atoms with Gasteiger partial charge in [0.2, 0.25) is 0 Å². The van der Waals surface area contributed by atoms with Crippen LogP contribution in [0.5, 0.6) is 0 Å². The summed E-state index contributed by atoms with van der Waals surface area (Å²) in [6.07, 6.45) is 0. The Morgan fingerprint density at radius 1 is 0.957 bits per heavy atom. The fourth-order valence-electron chi connectivity index (χ4n) is 3.29. The van der Waals surface area contributed by atoms with E-state index in [0.29, 0.717) is 6.54 Å². The van der Waals surface area contributed by atoms with E-state index in [2.05, 4.69) is 28.7 Å².